The highest BCUT2D eigenvalue weighted by atomic mass is 16.4. The lowest BCUT2D eigenvalue weighted by molar-refractivity contribution is -0.142. The van der Waals surface area contributed by atoms with Crippen LogP contribution in [0.5, 0.6) is 0 Å². The Balaban J connectivity index is 1.58. The first-order valence-electron chi connectivity index (χ1n) is 11.3. The molecule has 3 fully saturated rings. The van der Waals surface area contributed by atoms with E-state index in [2.05, 4.69) is 5.32 Å². The monoisotopic (exact) mass is 422 g/mol. The van der Waals surface area contributed by atoms with E-state index < -0.39 is 31.2 Å². The van der Waals surface area contributed by atoms with Crippen molar-refractivity contribution in [1.82, 2.24) is 15.1 Å². The van der Waals surface area contributed by atoms with Gasteiger partial charge in [-0.3, -0.25) is 14.4 Å². The number of likely N-dealkylation sites (tertiary alicyclic amines) is 2. The maximum atomic E-state index is 13.0. The van der Waals surface area contributed by atoms with Crippen LogP contribution in [-0.2, 0) is 14.4 Å². The van der Waals surface area contributed by atoms with Gasteiger partial charge in [0.25, 0.3) is 0 Å². The lowest BCUT2D eigenvalue weighted by atomic mass is 9.78. The van der Waals surface area contributed by atoms with Crippen LogP contribution in [0.3, 0.4) is 0 Å². The van der Waals surface area contributed by atoms with Crippen LogP contribution in [-0.4, -0.2) is 81.8 Å². The van der Waals surface area contributed by atoms with Gasteiger partial charge in [0.1, 0.15) is 12.1 Å². The van der Waals surface area contributed by atoms with E-state index >= 15 is 0 Å². The van der Waals surface area contributed by atoms with Crippen molar-refractivity contribution in [2.24, 2.45) is 11.7 Å². The molecule has 30 heavy (non-hydrogen) atoms. The van der Waals surface area contributed by atoms with Gasteiger partial charge in [0.05, 0.1) is 12.0 Å². The number of carbonyl (C=O) groups is 3. The summed E-state index contributed by atoms with van der Waals surface area (Å²) in [5, 5.41) is 21.7. The maximum absolute atomic E-state index is 13.0. The van der Waals surface area contributed by atoms with Gasteiger partial charge in [0.2, 0.25) is 17.7 Å². The van der Waals surface area contributed by atoms with Crippen LogP contribution < -0.4 is 11.1 Å². The van der Waals surface area contributed by atoms with E-state index in [1.807, 2.05) is 0 Å². The normalized spacial score (nSPS) is 27.1. The lowest BCUT2D eigenvalue weighted by Crippen LogP contribution is -2.57. The van der Waals surface area contributed by atoms with E-state index in [0.717, 1.165) is 32.1 Å². The molecule has 10 heteroatoms. The Labute approximate surface area is 178 Å². The predicted molar refractivity (Wildman–Crippen MR) is 112 cm³/mol. The van der Waals surface area contributed by atoms with Crippen LogP contribution in [0.4, 0.5) is 0 Å². The van der Waals surface area contributed by atoms with Crippen molar-refractivity contribution in [3.63, 3.8) is 0 Å². The molecule has 1 aliphatic carbocycles. The predicted octanol–water partition coefficient (Wildman–Crippen LogP) is -0.607. The van der Waals surface area contributed by atoms with Gasteiger partial charge in [-0.25, -0.2) is 0 Å². The Hall–Kier alpha value is -1.65. The summed E-state index contributed by atoms with van der Waals surface area (Å²) in [6, 6.07) is -1.99. The topological polar surface area (TPSA) is 136 Å². The third-order valence-electron chi connectivity index (χ3n) is 6.94. The van der Waals surface area contributed by atoms with Crippen LogP contribution in [0.25, 0.3) is 0 Å². The Morgan fingerprint density at radius 1 is 0.933 bits per heavy atom. The van der Waals surface area contributed by atoms with Crippen LogP contribution in [0, 0.1) is 5.92 Å². The van der Waals surface area contributed by atoms with Gasteiger partial charge in [-0.1, -0.05) is 19.3 Å². The molecule has 0 aromatic heterocycles. The van der Waals surface area contributed by atoms with Crippen LogP contribution in [0.15, 0.2) is 0 Å². The molecule has 9 nitrogen and oxygen atoms in total. The zero-order valence-electron chi connectivity index (χ0n) is 17.8. The third kappa shape index (κ3) is 4.98. The van der Waals surface area contributed by atoms with Crippen molar-refractivity contribution in [2.75, 3.05) is 13.1 Å². The number of nitrogens with two attached hydrogens (primary N) is 1. The average Bonchev–Trinajstić information content (AvgIpc) is 3.42. The molecule has 3 amide bonds. The molecule has 4 atom stereocenters. The molecule has 1 saturated carbocycles. The van der Waals surface area contributed by atoms with Crippen molar-refractivity contribution in [2.45, 2.75) is 88.8 Å². The molecule has 2 heterocycles. The van der Waals surface area contributed by atoms with E-state index in [-0.39, 0.29) is 23.6 Å². The fraction of sp³-hybridized carbons (Fsp3) is 0.850. The van der Waals surface area contributed by atoms with Crippen molar-refractivity contribution < 1.29 is 24.4 Å². The first-order valence-corrected chi connectivity index (χ1v) is 11.3. The SMILES string of the molecule is C[C@H](NC(=O)[C@@H]1CCCN1C(=O)[C@@H](N)C1CCCCC1)C(=O)N1CCC[C@H]1B(O)O. The number of hydrogen-bond donors (Lipinski definition) is 4. The minimum absolute atomic E-state index is 0.165. The zero-order chi connectivity index (χ0) is 21.8. The van der Waals surface area contributed by atoms with Crippen LogP contribution in [0.1, 0.15) is 64.7 Å². The molecule has 0 unspecified atom stereocenters. The Morgan fingerprint density at radius 2 is 1.57 bits per heavy atom. The molecule has 0 spiro atoms. The van der Waals surface area contributed by atoms with E-state index in [4.69, 9.17) is 5.73 Å². The molecule has 0 radical (unpaired) electrons. The number of rotatable bonds is 6. The quantitative estimate of drug-likeness (QED) is 0.422. The first kappa shape index (κ1) is 23.0. The summed E-state index contributed by atoms with van der Waals surface area (Å²) in [5.74, 6) is -1.32. The number of carbonyl (C=O) groups excluding carboxylic acids is 3. The summed E-state index contributed by atoms with van der Waals surface area (Å²) in [4.78, 5) is 41.6. The number of amides is 3. The number of nitrogens with one attached hydrogen (secondary N) is 1. The van der Waals surface area contributed by atoms with E-state index in [1.54, 1.807) is 11.8 Å². The van der Waals surface area contributed by atoms with Crippen molar-refractivity contribution in [3.05, 3.63) is 0 Å². The largest absolute Gasteiger partial charge is 0.475 e. The highest BCUT2D eigenvalue weighted by Crippen LogP contribution is 2.28. The Kier molecular flexibility index (Phi) is 7.76. The average molecular weight is 422 g/mol. The second-order valence-electron chi connectivity index (χ2n) is 9.00. The van der Waals surface area contributed by atoms with Gasteiger partial charge in [0, 0.05) is 13.1 Å². The van der Waals surface area contributed by atoms with Gasteiger partial charge in [0.15, 0.2) is 0 Å². The molecule has 0 aromatic carbocycles. The third-order valence-corrected chi connectivity index (χ3v) is 6.94. The molecule has 168 valence electrons. The maximum Gasteiger partial charge on any atom is 0.475 e. The van der Waals surface area contributed by atoms with Gasteiger partial charge in [-0.2, -0.15) is 0 Å². The minimum atomic E-state index is -1.59. The van der Waals surface area contributed by atoms with Crippen LogP contribution >= 0.6 is 0 Å². The van der Waals surface area contributed by atoms with Gasteiger partial charge >= 0.3 is 7.12 Å². The van der Waals surface area contributed by atoms with Gasteiger partial charge < -0.3 is 30.9 Å². The molecule has 3 rings (SSSR count). The van der Waals surface area contributed by atoms with Gasteiger partial charge in [-0.05, 0) is 51.4 Å². The number of hydrogen-bond acceptors (Lipinski definition) is 6. The van der Waals surface area contributed by atoms with Crippen molar-refractivity contribution >= 4 is 24.8 Å². The molecular formula is C20H35BN4O5. The van der Waals surface area contributed by atoms with Crippen molar-refractivity contribution in [3.8, 4) is 0 Å². The van der Waals surface area contributed by atoms with E-state index in [0.29, 0.717) is 32.4 Å². The first-order chi connectivity index (χ1) is 14.3. The lowest BCUT2D eigenvalue weighted by Gasteiger charge is -2.33. The second-order valence-corrected chi connectivity index (χ2v) is 9.00. The molecule has 5 N–H and O–H groups in total. The summed E-state index contributed by atoms with van der Waals surface area (Å²) >= 11 is 0. The smallest absolute Gasteiger partial charge is 0.426 e. The fourth-order valence-electron chi connectivity index (χ4n) is 5.19. The Morgan fingerprint density at radius 3 is 2.23 bits per heavy atom. The summed E-state index contributed by atoms with van der Waals surface area (Å²) in [7, 11) is -1.59. The fourth-order valence-corrected chi connectivity index (χ4v) is 5.19. The van der Waals surface area contributed by atoms with Crippen LogP contribution in [0.2, 0.25) is 0 Å². The summed E-state index contributed by atoms with van der Waals surface area (Å²) in [6.07, 6.45) is 7.78. The second kappa shape index (κ2) is 10.1. The van der Waals surface area contributed by atoms with Crippen molar-refractivity contribution in [1.29, 1.82) is 0 Å². The Bertz CT molecular complexity index is 643. The van der Waals surface area contributed by atoms with E-state index in [9.17, 15) is 24.4 Å². The molecule has 3 aliphatic rings. The van der Waals surface area contributed by atoms with Gasteiger partial charge in [-0.15, -0.1) is 0 Å². The highest BCUT2D eigenvalue weighted by Gasteiger charge is 2.41. The standard InChI is InChI=1S/C20H35BN4O5/c1-13(19(27)25-12-6-10-16(25)21(29)30)23-18(26)15-9-5-11-24(15)20(28)17(22)14-7-3-2-4-8-14/h13-17,29-30H,2-12,22H2,1H3,(H,23,26)/t13-,15-,16-,17-/m0/s1. The molecular weight excluding hydrogens is 387 g/mol. The van der Waals surface area contributed by atoms with E-state index in [1.165, 1.54) is 11.3 Å². The summed E-state index contributed by atoms with van der Waals surface area (Å²) in [6.45, 7) is 2.53. The molecule has 0 aromatic rings. The molecule has 2 saturated heterocycles. The summed E-state index contributed by atoms with van der Waals surface area (Å²) < 4.78 is 0. The highest BCUT2D eigenvalue weighted by molar-refractivity contribution is 6.43. The summed E-state index contributed by atoms with van der Waals surface area (Å²) in [5.41, 5.74) is 6.28. The zero-order valence-corrected chi connectivity index (χ0v) is 17.8. The molecule has 2 aliphatic heterocycles. The number of nitrogens with zero attached hydrogens (tertiary/aromatic N) is 2. The molecule has 0 bridgehead atoms. The minimum Gasteiger partial charge on any atom is -0.426 e.